The molecule has 3 aromatic heterocycles. The third-order valence-corrected chi connectivity index (χ3v) is 5.65. The highest BCUT2D eigenvalue weighted by atomic mass is 19.1. The first-order valence-electron chi connectivity index (χ1n) is 10.3. The molecule has 4 heterocycles. The Labute approximate surface area is 179 Å². The number of pyridine rings is 1. The van der Waals surface area contributed by atoms with Crippen LogP contribution in [0.5, 0.6) is 5.75 Å². The first kappa shape index (κ1) is 19.3. The maximum Gasteiger partial charge on any atom is 0.233 e. The Morgan fingerprint density at radius 3 is 2.87 bits per heavy atom. The van der Waals surface area contributed by atoms with Gasteiger partial charge in [0.1, 0.15) is 6.10 Å². The number of benzene rings is 1. The van der Waals surface area contributed by atoms with Crippen LogP contribution >= 0.6 is 0 Å². The van der Waals surface area contributed by atoms with E-state index in [-0.39, 0.29) is 6.10 Å². The van der Waals surface area contributed by atoms with E-state index in [0.29, 0.717) is 24.5 Å². The van der Waals surface area contributed by atoms with Gasteiger partial charge in [-0.05, 0) is 32.9 Å². The predicted octanol–water partition coefficient (Wildman–Crippen LogP) is 4.22. The molecular formula is C23H23FN6O. The average molecular weight is 418 g/mol. The molecule has 2 N–H and O–H groups in total. The standard InChI is InChI=1S/C23H23FN6O/c1-4-29-22-15(12-27-29)8-17-10-21(24)28-30(17)19-6-5-13(2)7-18(19)14(3)31-20-9-16(22)11-26-23(20)25/h5-7,9-12,14H,4,8H2,1-3H3,(H2,25,26)/t14-/m1/s1. The minimum absolute atomic E-state index is 0.316. The molecule has 0 unspecified atom stereocenters. The maximum atomic E-state index is 14.4. The van der Waals surface area contributed by atoms with Crippen LogP contribution in [0.25, 0.3) is 16.9 Å². The van der Waals surface area contributed by atoms with E-state index < -0.39 is 5.95 Å². The second kappa shape index (κ2) is 7.23. The van der Waals surface area contributed by atoms with Gasteiger partial charge in [-0.15, -0.1) is 5.10 Å². The maximum absolute atomic E-state index is 14.4. The number of rotatable bonds is 1. The summed E-state index contributed by atoms with van der Waals surface area (Å²) in [5.74, 6) is 0.289. The quantitative estimate of drug-likeness (QED) is 0.500. The summed E-state index contributed by atoms with van der Waals surface area (Å²) < 4.78 is 24.2. The number of nitrogen functional groups attached to an aromatic ring is 1. The van der Waals surface area contributed by atoms with E-state index in [1.807, 2.05) is 55.9 Å². The highest BCUT2D eigenvalue weighted by molar-refractivity contribution is 5.68. The first-order chi connectivity index (χ1) is 14.9. The molecule has 0 aliphatic carbocycles. The van der Waals surface area contributed by atoms with Gasteiger partial charge in [-0.25, -0.2) is 9.67 Å². The van der Waals surface area contributed by atoms with Crippen molar-refractivity contribution in [2.45, 2.75) is 39.8 Å². The summed E-state index contributed by atoms with van der Waals surface area (Å²) in [4.78, 5) is 4.37. The fourth-order valence-corrected chi connectivity index (χ4v) is 4.17. The Kier molecular flexibility index (Phi) is 4.50. The first-order valence-corrected chi connectivity index (χ1v) is 10.3. The smallest absolute Gasteiger partial charge is 0.233 e. The van der Waals surface area contributed by atoms with Crippen LogP contribution in [-0.4, -0.2) is 24.5 Å². The van der Waals surface area contributed by atoms with Gasteiger partial charge < -0.3 is 10.5 Å². The van der Waals surface area contributed by atoms with Crippen LogP contribution < -0.4 is 10.5 Å². The van der Waals surface area contributed by atoms with E-state index in [1.165, 1.54) is 6.07 Å². The molecule has 8 heteroatoms. The average Bonchev–Trinajstić information content (AvgIpc) is 3.32. The van der Waals surface area contributed by atoms with Gasteiger partial charge in [-0.3, -0.25) is 4.68 Å². The Morgan fingerprint density at radius 2 is 2.06 bits per heavy atom. The van der Waals surface area contributed by atoms with Crippen molar-refractivity contribution in [3.63, 3.8) is 0 Å². The number of aromatic nitrogens is 5. The second-order valence-corrected chi connectivity index (χ2v) is 7.81. The molecule has 31 heavy (non-hydrogen) atoms. The molecule has 4 aromatic rings. The number of anilines is 1. The van der Waals surface area contributed by atoms with Gasteiger partial charge in [0.05, 0.1) is 23.3 Å². The molecule has 0 saturated carbocycles. The molecule has 0 spiro atoms. The van der Waals surface area contributed by atoms with Gasteiger partial charge in [0.25, 0.3) is 0 Å². The Morgan fingerprint density at radius 1 is 1.23 bits per heavy atom. The number of aryl methyl sites for hydroxylation is 2. The lowest BCUT2D eigenvalue weighted by Gasteiger charge is -2.22. The summed E-state index contributed by atoms with van der Waals surface area (Å²) in [5, 5.41) is 8.69. The number of nitrogens with two attached hydrogens (primary N) is 1. The number of nitrogens with zero attached hydrogens (tertiary/aromatic N) is 5. The number of halogens is 1. The number of fused-ring (bicyclic) bond motifs is 7. The fourth-order valence-electron chi connectivity index (χ4n) is 4.17. The third-order valence-electron chi connectivity index (χ3n) is 5.65. The molecular weight excluding hydrogens is 395 g/mol. The Bertz CT molecular complexity index is 1290. The summed E-state index contributed by atoms with van der Waals surface area (Å²) in [7, 11) is 0. The minimum atomic E-state index is -0.527. The van der Waals surface area contributed by atoms with E-state index in [9.17, 15) is 4.39 Å². The Hall–Kier alpha value is -3.68. The van der Waals surface area contributed by atoms with Crippen molar-refractivity contribution in [2.75, 3.05) is 5.73 Å². The largest absolute Gasteiger partial charge is 0.482 e. The number of ether oxygens (including phenoxy) is 1. The number of hydrogen-bond acceptors (Lipinski definition) is 5. The summed E-state index contributed by atoms with van der Waals surface area (Å²) >= 11 is 0. The lowest BCUT2D eigenvalue weighted by atomic mass is 10.0. The van der Waals surface area contributed by atoms with Crippen LogP contribution in [0.3, 0.4) is 0 Å². The molecule has 0 saturated heterocycles. The van der Waals surface area contributed by atoms with Crippen LogP contribution in [0.4, 0.5) is 10.2 Å². The SMILES string of the molecule is CCn1ncc2c1-c1cnc(N)c(c1)O[C@H](C)c1cc(C)ccc1-n1nc(F)cc1C2. The lowest BCUT2D eigenvalue weighted by molar-refractivity contribution is 0.227. The van der Waals surface area contributed by atoms with Gasteiger partial charge in [0.2, 0.25) is 5.95 Å². The van der Waals surface area contributed by atoms with E-state index in [0.717, 1.165) is 39.3 Å². The van der Waals surface area contributed by atoms with Crippen molar-refractivity contribution in [3.8, 4) is 22.7 Å². The van der Waals surface area contributed by atoms with Crippen molar-refractivity contribution in [3.05, 3.63) is 71.1 Å². The van der Waals surface area contributed by atoms with E-state index in [1.54, 1.807) is 10.9 Å². The minimum Gasteiger partial charge on any atom is -0.482 e. The van der Waals surface area contributed by atoms with Crippen LogP contribution in [0.2, 0.25) is 0 Å². The zero-order valence-corrected chi connectivity index (χ0v) is 17.6. The van der Waals surface area contributed by atoms with E-state index in [4.69, 9.17) is 10.5 Å². The van der Waals surface area contributed by atoms with Gasteiger partial charge in [-0.2, -0.15) is 9.49 Å². The summed E-state index contributed by atoms with van der Waals surface area (Å²) in [6.45, 7) is 6.66. The molecule has 7 nitrogen and oxygen atoms in total. The zero-order chi connectivity index (χ0) is 21.7. The van der Waals surface area contributed by atoms with Gasteiger partial charge in [0.15, 0.2) is 11.6 Å². The molecule has 0 fully saturated rings. The molecule has 1 aliphatic rings. The molecule has 1 aliphatic heterocycles. The Balaban J connectivity index is 1.81. The highest BCUT2D eigenvalue weighted by Crippen LogP contribution is 2.35. The molecule has 2 bridgehead atoms. The normalized spacial score (nSPS) is 15.2. The van der Waals surface area contributed by atoms with E-state index >= 15 is 0 Å². The molecule has 0 radical (unpaired) electrons. The van der Waals surface area contributed by atoms with Crippen molar-refractivity contribution in [2.24, 2.45) is 0 Å². The second-order valence-electron chi connectivity index (χ2n) is 7.81. The van der Waals surface area contributed by atoms with Crippen molar-refractivity contribution in [1.29, 1.82) is 0 Å². The molecule has 1 atom stereocenters. The molecule has 5 rings (SSSR count). The topological polar surface area (TPSA) is 83.8 Å². The van der Waals surface area contributed by atoms with Crippen LogP contribution in [-0.2, 0) is 13.0 Å². The predicted molar refractivity (Wildman–Crippen MR) is 116 cm³/mol. The van der Waals surface area contributed by atoms with Crippen molar-refractivity contribution < 1.29 is 9.13 Å². The summed E-state index contributed by atoms with van der Waals surface area (Å²) in [5.41, 5.74) is 12.3. The van der Waals surface area contributed by atoms with Crippen molar-refractivity contribution >= 4 is 5.82 Å². The molecule has 0 amide bonds. The third kappa shape index (κ3) is 3.24. The molecule has 158 valence electrons. The van der Waals surface area contributed by atoms with Crippen LogP contribution in [0, 0.1) is 12.9 Å². The van der Waals surface area contributed by atoms with Gasteiger partial charge >= 0.3 is 0 Å². The zero-order valence-electron chi connectivity index (χ0n) is 17.6. The van der Waals surface area contributed by atoms with Gasteiger partial charge in [0, 0.05) is 41.9 Å². The van der Waals surface area contributed by atoms with Crippen LogP contribution in [0.1, 0.15) is 42.3 Å². The monoisotopic (exact) mass is 418 g/mol. The van der Waals surface area contributed by atoms with E-state index in [2.05, 4.69) is 15.2 Å². The number of hydrogen-bond donors (Lipinski definition) is 1. The van der Waals surface area contributed by atoms with Crippen molar-refractivity contribution in [1.82, 2.24) is 24.5 Å². The highest BCUT2D eigenvalue weighted by Gasteiger charge is 2.23. The van der Waals surface area contributed by atoms with Gasteiger partial charge in [-0.1, -0.05) is 17.7 Å². The summed E-state index contributed by atoms with van der Waals surface area (Å²) in [6, 6.07) is 9.34. The van der Waals surface area contributed by atoms with Crippen LogP contribution in [0.15, 0.2) is 42.7 Å². The molecule has 1 aromatic carbocycles. The fraction of sp³-hybridized carbons (Fsp3) is 0.261. The summed E-state index contributed by atoms with van der Waals surface area (Å²) in [6.07, 6.45) is 3.65. The lowest BCUT2D eigenvalue weighted by Crippen LogP contribution is -2.13.